The van der Waals surface area contributed by atoms with Crippen molar-refractivity contribution < 1.29 is 13.6 Å². The zero-order valence-corrected chi connectivity index (χ0v) is 16.8. The molecule has 1 amide bonds. The molecule has 1 atom stereocenters. The van der Waals surface area contributed by atoms with E-state index in [9.17, 15) is 13.6 Å². The van der Waals surface area contributed by atoms with E-state index in [0.29, 0.717) is 16.4 Å². The number of halogens is 3. The Bertz CT molecular complexity index is 976. The normalized spacial score (nSPS) is 12.2. The van der Waals surface area contributed by atoms with E-state index in [-0.39, 0.29) is 11.6 Å². The van der Waals surface area contributed by atoms with Crippen LogP contribution < -0.4 is 5.32 Å². The van der Waals surface area contributed by atoms with Crippen LogP contribution in [0.2, 0.25) is 5.02 Å². The van der Waals surface area contributed by atoms with Gasteiger partial charge in [-0.05, 0) is 56.3 Å². The van der Waals surface area contributed by atoms with Gasteiger partial charge in [0.05, 0.1) is 5.69 Å². The number of hydrogen-bond acceptors (Lipinski definition) is 3. The number of carbonyl (C=O) groups excluding carboxylic acids is 1. The molecule has 0 aliphatic carbocycles. The molecule has 0 aliphatic rings. The highest BCUT2D eigenvalue weighted by atomic mass is 35.5. The van der Waals surface area contributed by atoms with E-state index in [0.717, 1.165) is 9.79 Å². The summed E-state index contributed by atoms with van der Waals surface area (Å²) in [5.41, 5.74) is 0.802. The summed E-state index contributed by atoms with van der Waals surface area (Å²) in [6.07, 6.45) is -2.67. The van der Waals surface area contributed by atoms with Gasteiger partial charge in [-0.2, -0.15) is 5.10 Å². The van der Waals surface area contributed by atoms with Gasteiger partial charge in [-0.15, -0.1) is 0 Å². The fourth-order valence-corrected chi connectivity index (χ4v) is 3.68. The molecular formula is C20H18ClF2N3OS. The summed E-state index contributed by atoms with van der Waals surface area (Å²) >= 11 is 7.41. The van der Waals surface area contributed by atoms with Crippen molar-refractivity contribution in [2.45, 2.75) is 36.1 Å². The highest BCUT2D eigenvalue weighted by molar-refractivity contribution is 7.99. The van der Waals surface area contributed by atoms with E-state index in [1.807, 2.05) is 30.3 Å². The summed E-state index contributed by atoms with van der Waals surface area (Å²) in [6, 6.07) is 15.3. The lowest BCUT2D eigenvalue weighted by molar-refractivity contribution is -0.119. The van der Waals surface area contributed by atoms with E-state index in [4.69, 9.17) is 11.6 Å². The Morgan fingerprint density at radius 3 is 2.50 bits per heavy atom. The Kier molecular flexibility index (Phi) is 6.36. The third-order valence-electron chi connectivity index (χ3n) is 4.10. The number of hydrogen-bond donors (Lipinski definition) is 1. The minimum Gasteiger partial charge on any atom is -0.323 e. The van der Waals surface area contributed by atoms with Crippen molar-refractivity contribution in [1.29, 1.82) is 0 Å². The highest BCUT2D eigenvalue weighted by Crippen LogP contribution is 2.34. The van der Waals surface area contributed by atoms with Crippen LogP contribution in [0.1, 0.15) is 30.8 Å². The Morgan fingerprint density at radius 2 is 1.86 bits per heavy atom. The van der Waals surface area contributed by atoms with Gasteiger partial charge < -0.3 is 5.32 Å². The number of para-hydroxylation sites is 1. The first kappa shape index (κ1) is 20.4. The highest BCUT2D eigenvalue weighted by Gasteiger charge is 2.22. The van der Waals surface area contributed by atoms with Gasteiger partial charge in [-0.1, -0.05) is 35.5 Å². The molecule has 3 aromatic rings. The second kappa shape index (κ2) is 8.75. The van der Waals surface area contributed by atoms with Crippen LogP contribution in [0.15, 0.2) is 64.4 Å². The average molecular weight is 422 g/mol. The quantitative estimate of drug-likeness (QED) is 0.520. The number of aromatic nitrogens is 2. The second-order valence-electron chi connectivity index (χ2n) is 6.17. The largest absolute Gasteiger partial charge is 0.323 e. The van der Waals surface area contributed by atoms with Gasteiger partial charge in [-0.3, -0.25) is 9.48 Å². The van der Waals surface area contributed by atoms with E-state index >= 15 is 0 Å². The van der Waals surface area contributed by atoms with Gasteiger partial charge in [0.1, 0.15) is 11.7 Å². The fraction of sp³-hybridized carbons (Fsp3) is 0.200. The van der Waals surface area contributed by atoms with Crippen LogP contribution in [-0.2, 0) is 4.79 Å². The van der Waals surface area contributed by atoms with Crippen molar-refractivity contribution in [3.05, 3.63) is 71.0 Å². The summed E-state index contributed by atoms with van der Waals surface area (Å²) in [4.78, 5) is 14.5. The molecular weight excluding hydrogens is 404 g/mol. The molecule has 0 aliphatic heterocycles. The summed E-state index contributed by atoms with van der Waals surface area (Å²) < 4.78 is 27.0. The number of alkyl halides is 2. The van der Waals surface area contributed by atoms with E-state index in [1.54, 1.807) is 32.0 Å². The molecule has 8 heteroatoms. The first-order valence-corrected chi connectivity index (χ1v) is 9.72. The van der Waals surface area contributed by atoms with Gasteiger partial charge in [0.25, 0.3) is 6.43 Å². The zero-order valence-electron chi connectivity index (χ0n) is 15.2. The number of benzene rings is 2. The molecule has 0 bridgehead atoms. The van der Waals surface area contributed by atoms with Crippen LogP contribution in [-0.4, -0.2) is 15.7 Å². The lowest BCUT2D eigenvalue weighted by Gasteiger charge is -2.16. The van der Waals surface area contributed by atoms with Gasteiger partial charge in [-0.25, -0.2) is 8.78 Å². The molecule has 0 radical (unpaired) electrons. The van der Waals surface area contributed by atoms with Crippen LogP contribution in [0.5, 0.6) is 0 Å². The number of aryl methyl sites for hydroxylation is 1. The van der Waals surface area contributed by atoms with Gasteiger partial charge in [0, 0.05) is 20.5 Å². The monoisotopic (exact) mass is 421 g/mol. The van der Waals surface area contributed by atoms with E-state index < -0.39 is 12.5 Å². The van der Waals surface area contributed by atoms with Crippen molar-refractivity contribution in [3.63, 3.8) is 0 Å². The van der Waals surface area contributed by atoms with Crippen LogP contribution in [0.3, 0.4) is 0 Å². The predicted molar refractivity (Wildman–Crippen MR) is 107 cm³/mol. The number of nitrogens with zero attached hydrogens (tertiary/aromatic N) is 2. The molecule has 4 nitrogen and oxygen atoms in total. The first-order chi connectivity index (χ1) is 13.3. The van der Waals surface area contributed by atoms with Crippen molar-refractivity contribution >= 4 is 35.0 Å². The summed E-state index contributed by atoms with van der Waals surface area (Å²) in [7, 11) is 0. The Morgan fingerprint density at radius 1 is 1.18 bits per heavy atom. The first-order valence-electron chi connectivity index (χ1n) is 8.52. The molecule has 0 saturated heterocycles. The molecule has 146 valence electrons. The topological polar surface area (TPSA) is 46.9 Å². The van der Waals surface area contributed by atoms with Crippen LogP contribution in [0.4, 0.5) is 14.5 Å². The molecule has 1 aromatic heterocycles. The smallest absolute Gasteiger partial charge is 0.282 e. The maximum absolute atomic E-state index is 12.9. The average Bonchev–Trinajstić information content (AvgIpc) is 3.06. The third-order valence-corrected chi connectivity index (χ3v) is 5.43. The molecule has 28 heavy (non-hydrogen) atoms. The number of amides is 1. The van der Waals surface area contributed by atoms with Crippen LogP contribution in [0.25, 0.3) is 0 Å². The summed E-state index contributed by atoms with van der Waals surface area (Å²) in [6.45, 7) is 3.27. The Labute approximate surface area is 170 Å². The summed E-state index contributed by atoms with van der Waals surface area (Å²) in [5.74, 6) is -0.337. The Balaban J connectivity index is 1.78. The lowest BCUT2D eigenvalue weighted by atomic mass is 10.2. The number of nitrogens with one attached hydrogen (secondary N) is 1. The SMILES string of the molecule is Cc1cc(C(F)F)nn1C(C)C(=O)Nc1ccccc1Sc1ccc(Cl)cc1. The Hall–Kier alpha value is -2.38. The summed E-state index contributed by atoms with van der Waals surface area (Å²) in [5, 5.41) is 7.38. The number of carbonyl (C=O) groups is 1. The maximum Gasteiger partial charge on any atom is 0.282 e. The zero-order chi connectivity index (χ0) is 20.3. The van der Waals surface area contributed by atoms with Gasteiger partial charge >= 0.3 is 0 Å². The van der Waals surface area contributed by atoms with Gasteiger partial charge in [0.2, 0.25) is 5.91 Å². The second-order valence-corrected chi connectivity index (χ2v) is 7.73. The maximum atomic E-state index is 12.9. The molecule has 0 spiro atoms. The minimum atomic E-state index is -2.67. The van der Waals surface area contributed by atoms with E-state index in [2.05, 4.69) is 10.4 Å². The number of rotatable bonds is 6. The van der Waals surface area contributed by atoms with Crippen molar-refractivity contribution in [1.82, 2.24) is 9.78 Å². The van der Waals surface area contributed by atoms with Crippen molar-refractivity contribution in [2.75, 3.05) is 5.32 Å². The number of anilines is 1. The van der Waals surface area contributed by atoms with Crippen LogP contribution in [0, 0.1) is 6.92 Å². The van der Waals surface area contributed by atoms with Crippen LogP contribution >= 0.6 is 23.4 Å². The fourth-order valence-electron chi connectivity index (χ4n) is 2.65. The molecule has 0 fully saturated rings. The molecule has 1 unspecified atom stereocenters. The van der Waals surface area contributed by atoms with E-state index in [1.165, 1.54) is 22.5 Å². The third kappa shape index (κ3) is 4.72. The van der Waals surface area contributed by atoms with Gasteiger partial charge in [0.15, 0.2) is 0 Å². The van der Waals surface area contributed by atoms with Crippen molar-refractivity contribution in [2.24, 2.45) is 0 Å². The molecule has 2 aromatic carbocycles. The molecule has 0 saturated carbocycles. The molecule has 1 heterocycles. The minimum absolute atomic E-state index is 0.337. The molecule has 3 rings (SSSR count). The predicted octanol–water partition coefficient (Wildman–Crippen LogP) is 6.13. The molecule has 1 N–H and O–H groups in total. The lowest BCUT2D eigenvalue weighted by Crippen LogP contribution is -2.25. The standard InChI is InChI=1S/C20H18ClF2N3OS/c1-12-11-17(19(22)23)25-26(12)13(2)20(27)24-16-5-3-4-6-18(16)28-15-9-7-14(21)8-10-15/h3-11,13,19H,1-2H3,(H,24,27). The van der Waals surface area contributed by atoms with Crippen molar-refractivity contribution in [3.8, 4) is 0 Å².